The van der Waals surface area contributed by atoms with Crippen LogP contribution >= 0.6 is 0 Å². The number of phenolic OH excluding ortho intramolecular Hbond substituents is 1. The van der Waals surface area contributed by atoms with Gasteiger partial charge < -0.3 is 9.63 Å². The van der Waals surface area contributed by atoms with Gasteiger partial charge in [-0.1, -0.05) is 11.2 Å². The molecule has 0 aliphatic heterocycles. The van der Waals surface area contributed by atoms with Gasteiger partial charge in [-0.15, -0.1) is 0 Å². The van der Waals surface area contributed by atoms with Gasteiger partial charge in [-0.25, -0.2) is 8.42 Å². The van der Waals surface area contributed by atoms with Gasteiger partial charge in [-0.2, -0.15) is 4.98 Å². The number of rotatable bonds is 3. The Morgan fingerprint density at radius 1 is 1.37 bits per heavy atom. The summed E-state index contributed by atoms with van der Waals surface area (Å²) < 4.78 is 27.9. The third-order valence-electron chi connectivity index (χ3n) is 2.90. The van der Waals surface area contributed by atoms with Crippen LogP contribution in [0, 0.1) is 6.92 Å². The average Bonchev–Trinajstić information content (AvgIpc) is 2.79. The summed E-state index contributed by atoms with van der Waals surface area (Å²) in [4.78, 5) is 4.05. The zero-order chi connectivity index (χ0) is 14.2. The minimum atomic E-state index is -3.27. The molecule has 0 saturated carbocycles. The number of aromatic nitrogens is 2. The van der Waals surface area contributed by atoms with E-state index in [1.165, 1.54) is 13.0 Å². The molecule has 0 bridgehead atoms. The molecule has 19 heavy (non-hydrogen) atoms. The normalized spacial score (nSPS) is 13.4. The Balaban J connectivity index is 2.38. The maximum absolute atomic E-state index is 11.4. The Kier molecular flexibility index (Phi) is 3.32. The van der Waals surface area contributed by atoms with E-state index in [1.807, 2.05) is 0 Å². The summed E-state index contributed by atoms with van der Waals surface area (Å²) >= 11 is 0. The number of hydrogen-bond acceptors (Lipinski definition) is 6. The van der Waals surface area contributed by atoms with Crippen LogP contribution in [-0.4, -0.2) is 29.9 Å². The number of phenols is 1. The topological polar surface area (TPSA) is 93.3 Å². The third-order valence-corrected chi connectivity index (χ3v) is 4.40. The Hall–Kier alpha value is -1.89. The number of nitrogens with zero attached hydrogens (tertiary/aromatic N) is 2. The molecule has 1 N–H and O–H groups in total. The van der Waals surface area contributed by atoms with Crippen molar-refractivity contribution in [2.24, 2.45) is 0 Å². The number of aromatic hydroxyl groups is 1. The van der Waals surface area contributed by atoms with E-state index in [0.29, 0.717) is 5.56 Å². The summed E-state index contributed by atoms with van der Waals surface area (Å²) in [6, 6.07) is 4.93. The quantitative estimate of drug-likeness (QED) is 0.923. The van der Waals surface area contributed by atoms with Crippen molar-refractivity contribution in [2.75, 3.05) is 6.26 Å². The summed E-state index contributed by atoms with van der Waals surface area (Å²) in [6.45, 7) is 3.26. The molecule has 1 heterocycles. The van der Waals surface area contributed by atoms with Crippen LogP contribution in [0.2, 0.25) is 0 Å². The molecule has 7 heteroatoms. The predicted octanol–water partition coefficient (Wildman–Crippen LogP) is 1.86. The highest BCUT2D eigenvalue weighted by atomic mass is 32.2. The Labute approximate surface area is 111 Å². The van der Waals surface area contributed by atoms with E-state index in [4.69, 9.17) is 4.52 Å². The van der Waals surface area contributed by atoms with Gasteiger partial charge in [-0.3, -0.25) is 0 Å². The number of hydrogen-bond donors (Lipinski definition) is 1. The van der Waals surface area contributed by atoms with Crippen molar-refractivity contribution in [1.29, 1.82) is 0 Å². The van der Waals surface area contributed by atoms with Gasteiger partial charge in [-0.05, 0) is 31.5 Å². The van der Waals surface area contributed by atoms with Crippen LogP contribution in [0.15, 0.2) is 22.7 Å². The van der Waals surface area contributed by atoms with Gasteiger partial charge in [0, 0.05) is 11.8 Å². The second kappa shape index (κ2) is 4.65. The molecule has 0 radical (unpaired) electrons. The lowest BCUT2D eigenvalue weighted by atomic mass is 10.1. The maximum atomic E-state index is 11.4. The van der Waals surface area contributed by atoms with E-state index in [9.17, 15) is 13.5 Å². The fourth-order valence-electron chi connectivity index (χ4n) is 1.45. The minimum absolute atomic E-state index is 0.109. The monoisotopic (exact) mass is 282 g/mol. The number of aryl methyl sites for hydroxylation is 1. The molecule has 1 aromatic carbocycles. The van der Waals surface area contributed by atoms with Gasteiger partial charge >= 0.3 is 0 Å². The van der Waals surface area contributed by atoms with Crippen LogP contribution in [0.5, 0.6) is 5.75 Å². The van der Waals surface area contributed by atoms with E-state index in [0.717, 1.165) is 11.8 Å². The fraction of sp³-hybridized carbons (Fsp3) is 0.333. The molecule has 1 atom stereocenters. The SMILES string of the molecule is Cc1ccc(-c2nc(C(C)S(C)(=O)=O)no2)cc1O. The van der Waals surface area contributed by atoms with Gasteiger partial charge in [0.15, 0.2) is 15.7 Å². The molecule has 2 aromatic rings. The first-order chi connectivity index (χ1) is 8.79. The molecule has 1 unspecified atom stereocenters. The molecule has 0 amide bonds. The molecule has 0 aliphatic rings. The smallest absolute Gasteiger partial charge is 0.258 e. The molecular formula is C12H14N2O4S. The first kappa shape index (κ1) is 13.5. The van der Waals surface area contributed by atoms with Gasteiger partial charge in [0.1, 0.15) is 11.0 Å². The zero-order valence-electron chi connectivity index (χ0n) is 10.8. The van der Waals surface area contributed by atoms with Crippen molar-refractivity contribution in [3.05, 3.63) is 29.6 Å². The van der Waals surface area contributed by atoms with Crippen molar-refractivity contribution in [3.8, 4) is 17.2 Å². The lowest BCUT2D eigenvalue weighted by molar-refractivity contribution is 0.421. The molecular weight excluding hydrogens is 268 g/mol. The maximum Gasteiger partial charge on any atom is 0.258 e. The largest absolute Gasteiger partial charge is 0.508 e. The second-order valence-corrected chi connectivity index (χ2v) is 6.80. The standard InChI is InChI=1S/C12H14N2O4S/c1-7-4-5-9(6-10(7)15)12-13-11(14-18-12)8(2)19(3,16)17/h4-6,8,15H,1-3H3. The van der Waals surface area contributed by atoms with Crippen LogP contribution in [0.1, 0.15) is 23.6 Å². The van der Waals surface area contributed by atoms with Crippen LogP contribution in [-0.2, 0) is 9.84 Å². The van der Waals surface area contributed by atoms with Crippen LogP contribution in [0.3, 0.4) is 0 Å². The van der Waals surface area contributed by atoms with Crippen molar-refractivity contribution in [3.63, 3.8) is 0 Å². The van der Waals surface area contributed by atoms with Crippen LogP contribution in [0.25, 0.3) is 11.5 Å². The van der Waals surface area contributed by atoms with E-state index in [1.54, 1.807) is 19.1 Å². The molecule has 0 saturated heterocycles. The fourth-order valence-corrected chi connectivity index (χ4v) is 1.93. The van der Waals surface area contributed by atoms with Gasteiger partial charge in [0.05, 0.1) is 0 Å². The summed E-state index contributed by atoms with van der Waals surface area (Å²) in [5.41, 5.74) is 1.27. The number of sulfone groups is 1. The van der Waals surface area contributed by atoms with Crippen LogP contribution in [0.4, 0.5) is 0 Å². The van der Waals surface area contributed by atoms with E-state index in [-0.39, 0.29) is 17.5 Å². The minimum Gasteiger partial charge on any atom is -0.508 e. The van der Waals surface area contributed by atoms with Crippen molar-refractivity contribution in [1.82, 2.24) is 10.1 Å². The first-order valence-electron chi connectivity index (χ1n) is 5.61. The molecule has 0 aliphatic carbocycles. The van der Waals surface area contributed by atoms with Gasteiger partial charge in [0.2, 0.25) is 0 Å². The Morgan fingerprint density at radius 2 is 2.05 bits per heavy atom. The summed E-state index contributed by atoms with van der Waals surface area (Å²) in [6.07, 6.45) is 1.12. The zero-order valence-corrected chi connectivity index (χ0v) is 11.6. The van der Waals surface area contributed by atoms with Gasteiger partial charge in [0.25, 0.3) is 5.89 Å². The molecule has 6 nitrogen and oxygen atoms in total. The predicted molar refractivity (Wildman–Crippen MR) is 69.4 cm³/mol. The molecule has 1 aromatic heterocycles. The Bertz CT molecular complexity index is 706. The number of benzene rings is 1. The van der Waals surface area contributed by atoms with E-state index >= 15 is 0 Å². The second-order valence-electron chi connectivity index (χ2n) is 4.43. The summed E-state index contributed by atoms with van der Waals surface area (Å²) in [5.74, 6) is 0.409. The van der Waals surface area contributed by atoms with Crippen LogP contribution < -0.4 is 0 Å². The highest BCUT2D eigenvalue weighted by Crippen LogP contribution is 2.26. The van der Waals surface area contributed by atoms with Crippen molar-refractivity contribution in [2.45, 2.75) is 19.1 Å². The third kappa shape index (κ3) is 2.76. The average molecular weight is 282 g/mol. The Morgan fingerprint density at radius 3 is 2.63 bits per heavy atom. The molecule has 0 spiro atoms. The summed E-state index contributed by atoms with van der Waals surface area (Å²) in [5, 5.41) is 12.5. The molecule has 2 rings (SSSR count). The van der Waals surface area contributed by atoms with E-state index in [2.05, 4.69) is 10.1 Å². The van der Waals surface area contributed by atoms with Crippen molar-refractivity contribution < 1.29 is 18.0 Å². The first-order valence-corrected chi connectivity index (χ1v) is 7.57. The highest BCUT2D eigenvalue weighted by Gasteiger charge is 2.23. The lowest BCUT2D eigenvalue weighted by Crippen LogP contribution is -2.09. The van der Waals surface area contributed by atoms with Crippen molar-refractivity contribution >= 4 is 9.84 Å². The highest BCUT2D eigenvalue weighted by molar-refractivity contribution is 7.90. The summed E-state index contributed by atoms with van der Waals surface area (Å²) in [7, 11) is -3.27. The van der Waals surface area contributed by atoms with E-state index < -0.39 is 15.1 Å². The molecule has 102 valence electrons. The molecule has 0 fully saturated rings. The lowest BCUT2D eigenvalue weighted by Gasteiger charge is -2.02.